The highest BCUT2D eigenvalue weighted by atomic mass is 32.1. The summed E-state index contributed by atoms with van der Waals surface area (Å²) in [5.74, 6) is -1.53. The number of rotatable bonds is 8. The molecule has 6 nitrogen and oxygen atoms in total. The highest BCUT2D eigenvalue weighted by Crippen LogP contribution is 1.99. The summed E-state index contributed by atoms with van der Waals surface area (Å²) in [6.07, 6.45) is 2.06. The van der Waals surface area contributed by atoms with Gasteiger partial charge < -0.3 is 21.9 Å². The van der Waals surface area contributed by atoms with Gasteiger partial charge in [-0.05, 0) is 19.4 Å². The van der Waals surface area contributed by atoms with Gasteiger partial charge in [0.25, 0.3) is 0 Å². The van der Waals surface area contributed by atoms with Crippen LogP contribution in [0.25, 0.3) is 0 Å². The van der Waals surface area contributed by atoms with Crippen molar-refractivity contribution in [2.75, 3.05) is 12.3 Å². The Kier molecular flexibility index (Phi) is 7.96. The fourth-order valence-electron chi connectivity index (χ4n) is 1.10. The largest absolute Gasteiger partial charge is 0.480 e. The Hall–Kier alpha value is -0.790. The zero-order chi connectivity index (χ0) is 12.6. The molecule has 0 heterocycles. The van der Waals surface area contributed by atoms with E-state index in [9.17, 15) is 9.59 Å². The summed E-state index contributed by atoms with van der Waals surface area (Å²) < 4.78 is 0. The smallest absolute Gasteiger partial charge is 0.327 e. The second-order valence-electron chi connectivity index (χ2n) is 3.47. The summed E-state index contributed by atoms with van der Waals surface area (Å²) in [6.45, 7) is 0.558. The quantitative estimate of drug-likeness (QED) is 0.277. The first-order valence-electron chi connectivity index (χ1n) is 5.12. The molecule has 0 aromatic rings. The molecule has 0 rings (SSSR count). The van der Waals surface area contributed by atoms with Crippen molar-refractivity contribution in [3.63, 3.8) is 0 Å². The van der Waals surface area contributed by atoms with Crippen molar-refractivity contribution in [3.05, 3.63) is 0 Å². The van der Waals surface area contributed by atoms with Crippen LogP contribution < -0.4 is 16.8 Å². The Bertz CT molecular complexity index is 238. The molecule has 0 aromatic heterocycles. The Labute approximate surface area is 100 Å². The summed E-state index contributed by atoms with van der Waals surface area (Å²) in [4.78, 5) is 22.1. The maximum atomic E-state index is 11.4. The zero-order valence-electron chi connectivity index (χ0n) is 9.06. The molecule has 0 aliphatic heterocycles. The summed E-state index contributed by atoms with van der Waals surface area (Å²) in [5.41, 5.74) is 10.9. The van der Waals surface area contributed by atoms with E-state index in [1.165, 1.54) is 0 Å². The summed E-state index contributed by atoms with van der Waals surface area (Å²) >= 11 is 3.83. The van der Waals surface area contributed by atoms with E-state index in [1.54, 1.807) is 0 Å². The number of carboxylic acid groups (broad SMARTS) is 1. The third kappa shape index (κ3) is 5.94. The predicted molar refractivity (Wildman–Crippen MR) is 64.3 cm³/mol. The normalized spacial score (nSPS) is 14.2. The van der Waals surface area contributed by atoms with Gasteiger partial charge in [0.15, 0.2) is 0 Å². The number of amides is 1. The molecule has 7 heteroatoms. The molecule has 0 saturated heterocycles. The van der Waals surface area contributed by atoms with Crippen molar-refractivity contribution in [2.24, 2.45) is 11.5 Å². The van der Waals surface area contributed by atoms with Crippen LogP contribution in [-0.4, -0.2) is 41.4 Å². The highest BCUT2D eigenvalue weighted by Gasteiger charge is 2.21. The third-order valence-electron chi connectivity index (χ3n) is 2.10. The van der Waals surface area contributed by atoms with Gasteiger partial charge in [-0.3, -0.25) is 4.79 Å². The van der Waals surface area contributed by atoms with Crippen molar-refractivity contribution >= 4 is 24.5 Å². The molecule has 2 atom stereocenters. The molecule has 0 fully saturated rings. The average molecular weight is 249 g/mol. The molecule has 0 aliphatic rings. The van der Waals surface area contributed by atoms with E-state index in [0.29, 0.717) is 13.0 Å². The van der Waals surface area contributed by atoms with Crippen molar-refractivity contribution in [1.82, 2.24) is 5.32 Å². The molecule has 0 bridgehead atoms. The lowest BCUT2D eigenvalue weighted by Crippen LogP contribution is -2.49. The minimum absolute atomic E-state index is 0.0383. The fourth-order valence-corrected chi connectivity index (χ4v) is 1.35. The average Bonchev–Trinajstić information content (AvgIpc) is 2.25. The van der Waals surface area contributed by atoms with Crippen molar-refractivity contribution in [3.8, 4) is 0 Å². The van der Waals surface area contributed by atoms with Gasteiger partial charge in [-0.25, -0.2) is 4.79 Å². The number of carbonyl (C=O) groups excluding carboxylic acids is 1. The minimum atomic E-state index is -1.11. The van der Waals surface area contributed by atoms with Crippen molar-refractivity contribution < 1.29 is 14.7 Å². The number of thiol groups is 1. The maximum Gasteiger partial charge on any atom is 0.327 e. The van der Waals surface area contributed by atoms with E-state index < -0.39 is 24.0 Å². The monoisotopic (exact) mass is 249 g/mol. The van der Waals surface area contributed by atoms with Crippen LogP contribution in [-0.2, 0) is 9.59 Å². The van der Waals surface area contributed by atoms with Crippen LogP contribution >= 0.6 is 12.6 Å². The number of aliphatic carboxylic acids is 1. The van der Waals surface area contributed by atoms with Crippen LogP contribution in [0, 0.1) is 0 Å². The SMILES string of the molecule is NCCCCC(N)C(=O)NC(CS)C(=O)O. The number of nitrogens with one attached hydrogen (secondary N) is 1. The molecule has 6 N–H and O–H groups in total. The maximum absolute atomic E-state index is 11.4. The fraction of sp³-hybridized carbons (Fsp3) is 0.778. The van der Waals surface area contributed by atoms with Gasteiger partial charge in [0.1, 0.15) is 6.04 Å². The van der Waals surface area contributed by atoms with Crippen molar-refractivity contribution in [2.45, 2.75) is 31.3 Å². The summed E-state index contributed by atoms with van der Waals surface area (Å²) in [6, 6.07) is -1.68. The van der Waals surface area contributed by atoms with Crippen LogP contribution in [0.3, 0.4) is 0 Å². The van der Waals surface area contributed by atoms with Crippen molar-refractivity contribution in [1.29, 1.82) is 0 Å². The standard InChI is InChI=1S/C9H19N3O3S/c10-4-2-1-3-6(11)8(13)12-7(5-16)9(14)15/h6-7,16H,1-5,10-11H2,(H,12,13)(H,14,15). The van der Waals surface area contributed by atoms with Gasteiger partial charge >= 0.3 is 5.97 Å². The summed E-state index contributed by atoms with van der Waals surface area (Å²) in [5, 5.41) is 11.0. The van der Waals surface area contributed by atoms with Crippen LogP contribution in [0.4, 0.5) is 0 Å². The van der Waals surface area contributed by atoms with E-state index in [1.807, 2.05) is 0 Å². The molecule has 0 aliphatic carbocycles. The molecule has 0 radical (unpaired) electrons. The lowest BCUT2D eigenvalue weighted by molar-refractivity contribution is -0.141. The molecule has 16 heavy (non-hydrogen) atoms. The van der Waals surface area contributed by atoms with Gasteiger partial charge in [-0.2, -0.15) is 12.6 Å². The number of unbranched alkanes of at least 4 members (excludes halogenated alkanes) is 1. The van der Waals surface area contributed by atoms with E-state index in [0.717, 1.165) is 12.8 Å². The van der Waals surface area contributed by atoms with Gasteiger partial charge in [0.2, 0.25) is 5.91 Å². The zero-order valence-corrected chi connectivity index (χ0v) is 9.95. The number of hydrogen-bond acceptors (Lipinski definition) is 5. The van der Waals surface area contributed by atoms with E-state index in [2.05, 4.69) is 17.9 Å². The molecule has 94 valence electrons. The molecule has 1 amide bonds. The number of carbonyl (C=O) groups is 2. The van der Waals surface area contributed by atoms with Gasteiger partial charge in [-0.15, -0.1) is 0 Å². The number of nitrogens with two attached hydrogens (primary N) is 2. The molecular weight excluding hydrogens is 230 g/mol. The molecule has 0 aromatic carbocycles. The van der Waals surface area contributed by atoms with E-state index >= 15 is 0 Å². The second-order valence-corrected chi connectivity index (χ2v) is 3.84. The Morgan fingerprint density at radius 3 is 2.44 bits per heavy atom. The summed E-state index contributed by atoms with van der Waals surface area (Å²) in [7, 11) is 0. The lowest BCUT2D eigenvalue weighted by Gasteiger charge is -2.16. The first-order chi connectivity index (χ1) is 7.52. The first kappa shape index (κ1) is 15.2. The highest BCUT2D eigenvalue weighted by molar-refractivity contribution is 7.80. The van der Waals surface area contributed by atoms with Gasteiger partial charge in [0, 0.05) is 5.75 Å². The Morgan fingerprint density at radius 2 is 2.00 bits per heavy atom. The van der Waals surface area contributed by atoms with Crippen LogP contribution in [0.5, 0.6) is 0 Å². The number of carboxylic acids is 1. The molecular formula is C9H19N3O3S. The van der Waals surface area contributed by atoms with Crippen LogP contribution in [0.2, 0.25) is 0 Å². The molecule has 2 unspecified atom stereocenters. The molecule has 0 spiro atoms. The van der Waals surface area contributed by atoms with Crippen LogP contribution in [0.1, 0.15) is 19.3 Å². The van der Waals surface area contributed by atoms with Gasteiger partial charge in [0.05, 0.1) is 6.04 Å². The second kappa shape index (κ2) is 8.37. The Morgan fingerprint density at radius 1 is 1.38 bits per heavy atom. The van der Waals surface area contributed by atoms with E-state index in [-0.39, 0.29) is 5.75 Å². The van der Waals surface area contributed by atoms with E-state index in [4.69, 9.17) is 16.6 Å². The Balaban J connectivity index is 3.98. The molecule has 0 saturated carbocycles. The third-order valence-corrected chi connectivity index (χ3v) is 2.47. The van der Waals surface area contributed by atoms with Crippen LogP contribution in [0.15, 0.2) is 0 Å². The lowest BCUT2D eigenvalue weighted by atomic mass is 10.1. The first-order valence-corrected chi connectivity index (χ1v) is 5.75. The predicted octanol–water partition coefficient (Wildman–Crippen LogP) is -1.06. The topological polar surface area (TPSA) is 118 Å². The van der Waals surface area contributed by atoms with Gasteiger partial charge in [-0.1, -0.05) is 6.42 Å². The number of hydrogen-bond donors (Lipinski definition) is 5. The minimum Gasteiger partial charge on any atom is -0.480 e.